The molecule has 0 aliphatic carbocycles. The predicted octanol–water partition coefficient (Wildman–Crippen LogP) is 4.77. The highest BCUT2D eigenvalue weighted by atomic mass is 35.5. The summed E-state index contributed by atoms with van der Waals surface area (Å²) in [5, 5.41) is 9.93. The van der Waals surface area contributed by atoms with Crippen LogP contribution >= 0.6 is 11.6 Å². The lowest BCUT2D eigenvalue weighted by atomic mass is 10.0. The second-order valence-corrected chi connectivity index (χ2v) is 6.75. The lowest BCUT2D eigenvalue weighted by molar-refractivity contribution is 0.302. The molecule has 136 valence electrons. The van der Waals surface area contributed by atoms with Crippen molar-refractivity contribution in [1.29, 1.82) is 0 Å². The summed E-state index contributed by atoms with van der Waals surface area (Å²) >= 11 is 5.96. The Morgan fingerprint density at radius 1 is 0.923 bits per heavy atom. The molecule has 3 rings (SSSR count). The minimum Gasteiger partial charge on any atom is -0.489 e. The molecule has 3 aromatic carbocycles. The van der Waals surface area contributed by atoms with E-state index in [-0.39, 0.29) is 0 Å². The van der Waals surface area contributed by atoms with Crippen molar-refractivity contribution < 1.29 is 4.74 Å². The molecule has 0 unspecified atom stereocenters. The molecule has 3 aromatic rings. The fourth-order valence-electron chi connectivity index (χ4n) is 2.98. The number of hydrogen-bond donors (Lipinski definition) is 2. The van der Waals surface area contributed by atoms with Gasteiger partial charge in [0, 0.05) is 17.1 Å². The van der Waals surface area contributed by atoms with Crippen LogP contribution in [0.3, 0.4) is 0 Å². The van der Waals surface area contributed by atoms with Gasteiger partial charge in [0.1, 0.15) is 12.4 Å². The van der Waals surface area contributed by atoms with Gasteiger partial charge >= 0.3 is 0 Å². The number of nitrogens with one attached hydrogen (secondary N) is 2. The Morgan fingerprint density at radius 2 is 1.73 bits per heavy atom. The van der Waals surface area contributed by atoms with E-state index in [4.69, 9.17) is 16.3 Å². The second kappa shape index (κ2) is 9.58. The predicted molar refractivity (Wildman–Crippen MR) is 110 cm³/mol. The van der Waals surface area contributed by atoms with Crippen molar-refractivity contribution in [3.8, 4) is 5.75 Å². The summed E-state index contributed by atoms with van der Waals surface area (Å²) < 4.78 is 6.15. The molecular weight excluding hydrogens is 344 g/mol. The number of fused-ring (bicyclic) bond motifs is 1. The molecular formula is C22H25ClN2O. The van der Waals surface area contributed by atoms with Gasteiger partial charge in [-0.3, -0.25) is 0 Å². The molecule has 0 fully saturated rings. The molecule has 0 aliphatic rings. The highest BCUT2D eigenvalue weighted by Gasteiger charge is 2.09. The van der Waals surface area contributed by atoms with Gasteiger partial charge < -0.3 is 15.4 Å². The van der Waals surface area contributed by atoms with E-state index in [0.717, 1.165) is 42.4 Å². The normalized spacial score (nSPS) is 11.0. The van der Waals surface area contributed by atoms with E-state index < -0.39 is 0 Å². The van der Waals surface area contributed by atoms with Crippen LogP contribution < -0.4 is 15.4 Å². The van der Waals surface area contributed by atoms with Crippen molar-refractivity contribution in [2.24, 2.45) is 0 Å². The third kappa shape index (κ3) is 4.98. The maximum Gasteiger partial charge on any atom is 0.124 e. The van der Waals surface area contributed by atoms with E-state index >= 15 is 0 Å². The van der Waals surface area contributed by atoms with Gasteiger partial charge in [0.15, 0.2) is 0 Å². The minimum atomic E-state index is 0.530. The van der Waals surface area contributed by atoms with E-state index in [0.29, 0.717) is 6.61 Å². The highest BCUT2D eigenvalue weighted by Crippen LogP contribution is 2.29. The fourth-order valence-corrected chi connectivity index (χ4v) is 3.10. The van der Waals surface area contributed by atoms with Gasteiger partial charge in [-0.1, -0.05) is 54.1 Å². The summed E-state index contributed by atoms with van der Waals surface area (Å²) in [4.78, 5) is 0. The number of rotatable bonds is 9. The quantitative estimate of drug-likeness (QED) is 0.534. The van der Waals surface area contributed by atoms with Crippen LogP contribution in [-0.4, -0.2) is 20.1 Å². The van der Waals surface area contributed by atoms with Crippen LogP contribution in [0.1, 0.15) is 17.5 Å². The summed E-state index contributed by atoms with van der Waals surface area (Å²) in [5.74, 6) is 0.930. The van der Waals surface area contributed by atoms with Crippen LogP contribution in [0.4, 0.5) is 0 Å². The van der Waals surface area contributed by atoms with Gasteiger partial charge in [0.2, 0.25) is 0 Å². The van der Waals surface area contributed by atoms with Crippen molar-refractivity contribution in [1.82, 2.24) is 10.6 Å². The lowest BCUT2D eigenvalue weighted by Gasteiger charge is -2.15. The van der Waals surface area contributed by atoms with Gasteiger partial charge in [-0.25, -0.2) is 0 Å². The molecule has 0 spiro atoms. The average molecular weight is 369 g/mol. The Kier molecular flexibility index (Phi) is 6.89. The van der Waals surface area contributed by atoms with Crippen molar-refractivity contribution in [3.05, 3.63) is 76.8 Å². The molecule has 0 bridgehead atoms. The summed E-state index contributed by atoms with van der Waals surface area (Å²) in [6.07, 6.45) is 1.10. The van der Waals surface area contributed by atoms with E-state index in [9.17, 15) is 0 Å². The van der Waals surface area contributed by atoms with Crippen LogP contribution in [0.15, 0.2) is 60.7 Å². The third-order valence-corrected chi connectivity index (χ3v) is 4.64. The smallest absolute Gasteiger partial charge is 0.124 e. The first-order chi connectivity index (χ1) is 12.8. The van der Waals surface area contributed by atoms with Gasteiger partial charge in [-0.05, 0) is 61.1 Å². The molecule has 2 N–H and O–H groups in total. The van der Waals surface area contributed by atoms with Crippen LogP contribution in [0.5, 0.6) is 5.75 Å². The lowest BCUT2D eigenvalue weighted by Crippen LogP contribution is -2.20. The molecule has 26 heavy (non-hydrogen) atoms. The Bertz CT molecular complexity index is 833. The molecule has 4 heteroatoms. The molecule has 0 radical (unpaired) electrons. The maximum atomic E-state index is 6.15. The molecule has 0 saturated heterocycles. The highest BCUT2D eigenvalue weighted by molar-refractivity contribution is 6.30. The largest absolute Gasteiger partial charge is 0.489 e. The topological polar surface area (TPSA) is 33.3 Å². The number of hydrogen-bond acceptors (Lipinski definition) is 3. The molecule has 3 nitrogen and oxygen atoms in total. The van der Waals surface area contributed by atoms with Crippen LogP contribution in [0.25, 0.3) is 10.8 Å². The standard InChI is InChI=1S/C22H25ClN2O/c1-24-13-4-14-25-15-21-20-6-3-2-5-18(20)9-12-22(21)26-16-17-7-10-19(23)11-8-17/h2-3,5-12,24-25H,4,13-16H2,1H3. The Morgan fingerprint density at radius 3 is 2.54 bits per heavy atom. The zero-order chi connectivity index (χ0) is 18.2. The Labute approximate surface area is 160 Å². The van der Waals surface area contributed by atoms with Crippen LogP contribution in [0, 0.1) is 0 Å². The first kappa shape index (κ1) is 18.7. The first-order valence-electron chi connectivity index (χ1n) is 9.01. The zero-order valence-electron chi connectivity index (χ0n) is 15.1. The zero-order valence-corrected chi connectivity index (χ0v) is 15.9. The molecule has 0 heterocycles. The monoisotopic (exact) mass is 368 g/mol. The Hall–Kier alpha value is -2.07. The molecule has 0 aliphatic heterocycles. The van der Waals surface area contributed by atoms with Gasteiger partial charge in [0.25, 0.3) is 0 Å². The second-order valence-electron chi connectivity index (χ2n) is 6.31. The number of benzene rings is 3. The summed E-state index contributed by atoms with van der Waals surface area (Å²) in [5.41, 5.74) is 2.32. The first-order valence-corrected chi connectivity index (χ1v) is 9.39. The van der Waals surface area contributed by atoms with Crippen molar-refractivity contribution in [2.75, 3.05) is 20.1 Å². The van der Waals surface area contributed by atoms with Crippen molar-refractivity contribution >= 4 is 22.4 Å². The molecule has 0 atom stereocenters. The van der Waals surface area contributed by atoms with E-state index in [1.54, 1.807) is 0 Å². The van der Waals surface area contributed by atoms with E-state index in [1.165, 1.54) is 16.3 Å². The number of ether oxygens (including phenoxy) is 1. The SMILES string of the molecule is CNCCCNCc1c(OCc2ccc(Cl)cc2)ccc2ccccc12. The van der Waals surface area contributed by atoms with Crippen molar-refractivity contribution in [3.63, 3.8) is 0 Å². The molecule has 0 aromatic heterocycles. The molecule has 0 saturated carbocycles. The van der Waals surface area contributed by atoms with Crippen LogP contribution in [-0.2, 0) is 13.2 Å². The van der Waals surface area contributed by atoms with E-state index in [1.807, 2.05) is 31.3 Å². The maximum absolute atomic E-state index is 6.15. The van der Waals surface area contributed by atoms with Crippen molar-refractivity contribution in [2.45, 2.75) is 19.6 Å². The molecule has 0 amide bonds. The minimum absolute atomic E-state index is 0.530. The summed E-state index contributed by atoms with van der Waals surface area (Å²) in [6.45, 7) is 3.31. The summed E-state index contributed by atoms with van der Waals surface area (Å²) in [7, 11) is 1.98. The Balaban J connectivity index is 1.76. The third-order valence-electron chi connectivity index (χ3n) is 4.39. The summed E-state index contributed by atoms with van der Waals surface area (Å²) in [6, 6.07) is 20.4. The average Bonchev–Trinajstić information content (AvgIpc) is 2.68. The van der Waals surface area contributed by atoms with E-state index in [2.05, 4.69) is 47.0 Å². The fraction of sp³-hybridized carbons (Fsp3) is 0.273. The van der Waals surface area contributed by atoms with Gasteiger partial charge in [0.05, 0.1) is 0 Å². The van der Waals surface area contributed by atoms with Gasteiger partial charge in [-0.15, -0.1) is 0 Å². The van der Waals surface area contributed by atoms with Crippen LogP contribution in [0.2, 0.25) is 5.02 Å². The van der Waals surface area contributed by atoms with Gasteiger partial charge in [-0.2, -0.15) is 0 Å². The number of halogens is 1.